The summed E-state index contributed by atoms with van der Waals surface area (Å²) in [5.41, 5.74) is 1.30. The van der Waals surface area contributed by atoms with Gasteiger partial charge in [0.1, 0.15) is 11.2 Å². The third-order valence-electron chi connectivity index (χ3n) is 6.51. The number of rotatable bonds is 7. The summed E-state index contributed by atoms with van der Waals surface area (Å²) in [4.78, 5) is 41.4. The standard InChI is InChI=1S/C27H31ClN4O3/c1-17(2)12-13-29-26(35)27(4)16-31-22-11-6-5-10-21(22)23(30-18(3)33)24(31)25(34)32(27)15-19-8-7-9-20(28)14-19/h5-11,14,17H,12-13,15-16H2,1-4H3,(H,29,35)(H,30,33)/t27-/m1/s1. The van der Waals surface area contributed by atoms with E-state index in [2.05, 4.69) is 24.5 Å². The van der Waals surface area contributed by atoms with Gasteiger partial charge in [-0.2, -0.15) is 0 Å². The van der Waals surface area contributed by atoms with Crippen molar-refractivity contribution in [2.75, 3.05) is 11.9 Å². The van der Waals surface area contributed by atoms with Gasteiger partial charge in [-0.1, -0.05) is 55.8 Å². The Morgan fingerprint density at radius 1 is 1.14 bits per heavy atom. The average molecular weight is 495 g/mol. The van der Waals surface area contributed by atoms with E-state index in [4.69, 9.17) is 11.6 Å². The zero-order valence-electron chi connectivity index (χ0n) is 20.5. The Balaban J connectivity index is 1.84. The van der Waals surface area contributed by atoms with Crippen LogP contribution in [-0.4, -0.2) is 39.3 Å². The number of aromatic nitrogens is 1. The first-order valence-electron chi connectivity index (χ1n) is 11.9. The van der Waals surface area contributed by atoms with E-state index in [1.807, 2.05) is 41.0 Å². The third kappa shape index (κ3) is 4.78. The molecule has 4 rings (SSSR count). The summed E-state index contributed by atoms with van der Waals surface area (Å²) in [6.45, 7) is 8.41. The van der Waals surface area contributed by atoms with Gasteiger partial charge in [-0.15, -0.1) is 0 Å². The summed E-state index contributed by atoms with van der Waals surface area (Å²) in [5.74, 6) is -0.354. The molecule has 0 saturated carbocycles. The van der Waals surface area contributed by atoms with Crippen molar-refractivity contribution in [3.05, 3.63) is 64.8 Å². The first kappa shape index (κ1) is 24.8. The van der Waals surface area contributed by atoms with Gasteiger partial charge >= 0.3 is 0 Å². The summed E-state index contributed by atoms with van der Waals surface area (Å²) in [6.07, 6.45) is 0.842. The van der Waals surface area contributed by atoms with Crippen LogP contribution in [-0.2, 0) is 22.7 Å². The summed E-state index contributed by atoms with van der Waals surface area (Å²) >= 11 is 6.21. The Morgan fingerprint density at radius 3 is 2.57 bits per heavy atom. The lowest BCUT2D eigenvalue weighted by Gasteiger charge is -2.44. The largest absolute Gasteiger partial charge is 0.354 e. The summed E-state index contributed by atoms with van der Waals surface area (Å²) in [6, 6.07) is 14.8. The lowest BCUT2D eigenvalue weighted by molar-refractivity contribution is -0.133. The zero-order valence-corrected chi connectivity index (χ0v) is 21.3. The SMILES string of the molecule is CC(=O)Nc1c2n(c3ccccc13)C[C@](C)(C(=O)NCCC(C)C)N(Cc1cccc(Cl)c1)C2=O. The molecule has 35 heavy (non-hydrogen) atoms. The predicted octanol–water partition coefficient (Wildman–Crippen LogP) is 4.83. The molecule has 2 aromatic carbocycles. The van der Waals surface area contributed by atoms with Crippen molar-refractivity contribution in [3.8, 4) is 0 Å². The first-order valence-corrected chi connectivity index (χ1v) is 12.2. The molecule has 7 nitrogen and oxygen atoms in total. The molecule has 0 aliphatic carbocycles. The van der Waals surface area contributed by atoms with E-state index in [1.54, 1.807) is 24.0 Å². The van der Waals surface area contributed by atoms with Crippen LogP contribution in [0.5, 0.6) is 0 Å². The van der Waals surface area contributed by atoms with Gasteiger partial charge in [0.05, 0.1) is 17.7 Å². The van der Waals surface area contributed by atoms with Gasteiger partial charge in [0.2, 0.25) is 11.8 Å². The minimum atomic E-state index is -1.15. The average Bonchev–Trinajstić information content (AvgIpc) is 3.09. The monoisotopic (exact) mass is 494 g/mol. The van der Waals surface area contributed by atoms with Gasteiger partial charge in [-0.3, -0.25) is 14.4 Å². The number of anilines is 1. The van der Waals surface area contributed by atoms with Gasteiger partial charge < -0.3 is 20.1 Å². The zero-order chi connectivity index (χ0) is 25.3. The van der Waals surface area contributed by atoms with E-state index in [0.29, 0.717) is 28.9 Å². The topological polar surface area (TPSA) is 83.4 Å². The fourth-order valence-electron chi connectivity index (χ4n) is 4.66. The lowest BCUT2D eigenvalue weighted by atomic mass is 9.93. The maximum absolute atomic E-state index is 14.1. The van der Waals surface area contributed by atoms with Crippen molar-refractivity contribution < 1.29 is 14.4 Å². The molecule has 1 atom stereocenters. The predicted molar refractivity (Wildman–Crippen MR) is 138 cm³/mol. The van der Waals surface area contributed by atoms with Crippen molar-refractivity contribution in [2.45, 2.75) is 52.7 Å². The molecule has 1 aliphatic heterocycles. The van der Waals surface area contributed by atoms with Crippen molar-refractivity contribution in [1.82, 2.24) is 14.8 Å². The van der Waals surface area contributed by atoms with Crippen LogP contribution in [0.15, 0.2) is 48.5 Å². The molecule has 0 fully saturated rings. The van der Waals surface area contributed by atoms with Crippen LogP contribution >= 0.6 is 11.6 Å². The highest BCUT2D eigenvalue weighted by molar-refractivity contribution is 6.30. The van der Waals surface area contributed by atoms with Crippen LogP contribution in [0.3, 0.4) is 0 Å². The van der Waals surface area contributed by atoms with Gasteiger partial charge in [0.25, 0.3) is 5.91 Å². The molecule has 1 aliphatic rings. The number of hydrogen-bond acceptors (Lipinski definition) is 3. The number of hydrogen-bond donors (Lipinski definition) is 2. The van der Waals surface area contributed by atoms with Gasteiger partial charge in [0, 0.05) is 30.4 Å². The second-order valence-corrected chi connectivity index (χ2v) is 10.2. The summed E-state index contributed by atoms with van der Waals surface area (Å²) in [7, 11) is 0. The Hall–Kier alpha value is -3.32. The summed E-state index contributed by atoms with van der Waals surface area (Å²) < 4.78 is 1.86. The number of amides is 3. The summed E-state index contributed by atoms with van der Waals surface area (Å²) in [5, 5.41) is 7.22. The number of fused-ring (bicyclic) bond motifs is 3. The molecule has 0 saturated heterocycles. The smallest absolute Gasteiger partial charge is 0.273 e. The third-order valence-corrected chi connectivity index (χ3v) is 6.74. The molecular weight excluding hydrogens is 464 g/mol. The van der Waals surface area contributed by atoms with Crippen molar-refractivity contribution in [2.24, 2.45) is 5.92 Å². The fraction of sp³-hybridized carbons (Fsp3) is 0.370. The van der Waals surface area contributed by atoms with Crippen LogP contribution < -0.4 is 10.6 Å². The normalized spacial score (nSPS) is 17.5. The van der Waals surface area contributed by atoms with E-state index >= 15 is 0 Å². The molecule has 0 unspecified atom stereocenters. The second-order valence-electron chi connectivity index (χ2n) is 9.74. The van der Waals surface area contributed by atoms with Crippen LogP contribution in [0.4, 0.5) is 5.69 Å². The van der Waals surface area contributed by atoms with E-state index in [0.717, 1.165) is 22.9 Å². The highest BCUT2D eigenvalue weighted by Gasteiger charge is 2.48. The van der Waals surface area contributed by atoms with Crippen LogP contribution in [0.2, 0.25) is 5.02 Å². The number of carbonyl (C=O) groups excluding carboxylic acids is 3. The Kier molecular flexibility index (Phi) is 6.90. The van der Waals surface area contributed by atoms with Crippen LogP contribution in [0.1, 0.15) is 50.2 Å². The number of halogens is 1. The second kappa shape index (κ2) is 9.74. The van der Waals surface area contributed by atoms with E-state index in [1.165, 1.54) is 6.92 Å². The number of nitrogens with zero attached hydrogens (tertiary/aromatic N) is 2. The molecule has 8 heteroatoms. The minimum absolute atomic E-state index is 0.203. The maximum atomic E-state index is 14.1. The van der Waals surface area contributed by atoms with E-state index in [-0.39, 0.29) is 30.8 Å². The van der Waals surface area contributed by atoms with Crippen LogP contribution in [0.25, 0.3) is 10.9 Å². The van der Waals surface area contributed by atoms with E-state index in [9.17, 15) is 14.4 Å². The fourth-order valence-corrected chi connectivity index (χ4v) is 4.87. The number of para-hydroxylation sites is 1. The van der Waals surface area contributed by atoms with E-state index < -0.39 is 5.54 Å². The van der Waals surface area contributed by atoms with Crippen molar-refractivity contribution in [1.29, 1.82) is 0 Å². The van der Waals surface area contributed by atoms with Crippen molar-refractivity contribution >= 4 is 45.9 Å². The molecule has 0 radical (unpaired) electrons. The van der Waals surface area contributed by atoms with Crippen LogP contribution in [0, 0.1) is 5.92 Å². The molecule has 3 aromatic rings. The Labute approximate surface area is 210 Å². The Morgan fingerprint density at radius 2 is 1.89 bits per heavy atom. The quantitative estimate of drug-likeness (QED) is 0.493. The number of benzene rings is 2. The number of nitrogens with one attached hydrogen (secondary N) is 2. The number of carbonyl (C=O) groups is 3. The molecule has 0 spiro atoms. The molecule has 2 heterocycles. The maximum Gasteiger partial charge on any atom is 0.273 e. The highest BCUT2D eigenvalue weighted by Crippen LogP contribution is 2.39. The highest BCUT2D eigenvalue weighted by atomic mass is 35.5. The van der Waals surface area contributed by atoms with Gasteiger partial charge in [-0.05, 0) is 43.0 Å². The molecule has 184 valence electrons. The molecule has 0 bridgehead atoms. The Bertz CT molecular complexity index is 1300. The van der Waals surface area contributed by atoms with Gasteiger partial charge in [-0.25, -0.2) is 0 Å². The first-order chi connectivity index (χ1) is 16.6. The molecular formula is C27H31ClN4O3. The molecule has 1 aromatic heterocycles. The molecule has 3 amide bonds. The minimum Gasteiger partial charge on any atom is -0.354 e. The van der Waals surface area contributed by atoms with Crippen molar-refractivity contribution in [3.63, 3.8) is 0 Å². The van der Waals surface area contributed by atoms with Gasteiger partial charge in [0.15, 0.2) is 0 Å². The molecule has 2 N–H and O–H groups in total. The lowest BCUT2D eigenvalue weighted by Crippen LogP contribution is -2.63.